The average molecular weight is 140 g/mol. The topological polar surface area (TPSA) is 41.1 Å². The van der Waals surface area contributed by atoms with Crippen molar-refractivity contribution < 1.29 is 4.79 Å². The third kappa shape index (κ3) is 0.904. The third-order valence-electron chi connectivity index (χ3n) is 2.39. The summed E-state index contributed by atoms with van der Waals surface area (Å²) >= 11 is 0. The lowest BCUT2D eigenvalue weighted by atomic mass is 10.1. The molecule has 0 spiro atoms. The fourth-order valence-electron chi connectivity index (χ4n) is 1.86. The van der Waals surface area contributed by atoms with Gasteiger partial charge in [-0.25, -0.2) is 0 Å². The van der Waals surface area contributed by atoms with Gasteiger partial charge < -0.3 is 10.6 Å². The molecule has 1 heterocycles. The number of hydrogen-bond donors (Lipinski definition) is 2. The number of amides is 1. The molecule has 2 N–H and O–H groups in total. The van der Waals surface area contributed by atoms with Crippen molar-refractivity contribution in [2.75, 3.05) is 6.54 Å². The quantitative estimate of drug-likeness (QED) is 0.482. The molecule has 0 aromatic carbocycles. The summed E-state index contributed by atoms with van der Waals surface area (Å²) in [5.41, 5.74) is 0. The second-order valence-corrected chi connectivity index (χ2v) is 3.09. The summed E-state index contributed by atoms with van der Waals surface area (Å²) in [4.78, 5) is 10.8. The van der Waals surface area contributed by atoms with Crippen LogP contribution in [0.25, 0.3) is 0 Å². The highest BCUT2D eigenvalue weighted by molar-refractivity contribution is 5.79. The predicted molar refractivity (Wildman–Crippen MR) is 37.6 cm³/mol. The Morgan fingerprint density at radius 3 is 3.00 bits per heavy atom. The highest BCUT2D eigenvalue weighted by atomic mass is 16.2. The molecular weight excluding hydrogens is 128 g/mol. The zero-order valence-electron chi connectivity index (χ0n) is 5.89. The van der Waals surface area contributed by atoms with Crippen molar-refractivity contribution in [3.8, 4) is 0 Å². The van der Waals surface area contributed by atoms with Gasteiger partial charge in [0, 0.05) is 12.1 Å². The van der Waals surface area contributed by atoms with E-state index in [1.807, 2.05) is 0 Å². The summed E-state index contributed by atoms with van der Waals surface area (Å²) in [5.74, 6) is 0.156. The Hall–Kier alpha value is -0.570. The van der Waals surface area contributed by atoms with Gasteiger partial charge in [-0.1, -0.05) is 0 Å². The van der Waals surface area contributed by atoms with Crippen LogP contribution in [-0.2, 0) is 4.79 Å². The molecular formula is C7H12N2O. The Kier molecular flexibility index (Phi) is 1.38. The van der Waals surface area contributed by atoms with Gasteiger partial charge in [-0.05, 0) is 19.3 Å². The van der Waals surface area contributed by atoms with E-state index in [1.54, 1.807) is 0 Å². The molecule has 1 aliphatic heterocycles. The van der Waals surface area contributed by atoms with Gasteiger partial charge in [0.05, 0.1) is 6.54 Å². The van der Waals surface area contributed by atoms with Crippen molar-refractivity contribution in [2.45, 2.75) is 31.3 Å². The first-order chi connectivity index (χ1) is 4.86. The van der Waals surface area contributed by atoms with Crippen LogP contribution in [-0.4, -0.2) is 24.5 Å². The van der Waals surface area contributed by atoms with Crippen molar-refractivity contribution in [3.63, 3.8) is 0 Å². The van der Waals surface area contributed by atoms with E-state index >= 15 is 0 Å². The van der Waals surface area contributed by atoms with Crippen LogP contribution in [0.1, 0.15) is 19.3 Å². The van der Waals surface area contributed by atoms with Gasteiger partial charge in [-0.15, -0.1) is 0 Å². The number of fused-ring (bicyclic) bond motifs is 1. The molecule has 1 aliphatic carbocycles. The fraction of sp³-hybridized carbons (Fsp3) is 0.857. The van der Waals surface area contributed by atoms with Gasteiger partial charge >= 0.3 is 0 Å². The Morgan fingerprint density at radius 1 is 1.30 bits per heavy atom. The lowest BCUT2D eigenvalue weighted by Crippen LogP contribution is -2.56. The minimum atomic E-state index is 0.156. The molecule has 0 radical (unpaired) electrons. The Morgan fingerprint density at radius 2 is 2.10 bits per heavy atom. The second kappa shape index (κ2) is 2.23. The molecule has 3 nitrogen and oxygen atoms in total. The van der Waals surface area contributed by atoms with Crippen LogP contribution in [0.15, 0.2) is 0 Å². The molecule has 56 valence electrons. The maximum Gasteiger partial charge on any atom is 0.234 e. The molecule has 2 fully saturated rings. The number of carbonyl (C=O) groups is 1. The Balaban J connectivity index is 2.03. The standard InChI is InChI=1S/C7H12N2O/c10-7-4-8-5-2-1-3-6(5)9-7/h5-6,8H,1-4H2,(H,9,10). The van der Waals surface area contributed by atoms with Gasteiger partial charge in [0.1, 0.15) is 0 Å². The first-order valence-electron chi connectivity index (χ1n) is 3.89. The minimum absolute atomic E-state index is 0.156. The van der Waals surface area contributed by atoms with Crippen molar-refractivity contribution in [3.05, 3.63) is 0 Å². The van der Waals surface area contributed by atoms with E-state index in [9.17, 15) is 4.79 Å². The van der Waals surface area contributed by atoms with Crippen LogP contribution in [0.5, 0.6) is 0 Å². The molecule has 0 bridgehead atoms. The molecule has 0 aromatic rings. The maximum absolute atomic E-state index is 10.8. The molecule has 2 aliphatic rings. The van der Waals surface area contributed by atoms with Crippen LogP contribution in [0, 0.1) is 0 Å². The van der Waals surface area contributed by atoms with Gasteiger partial charge in [-0.2, -0.15) is 0 Å². The Labute approximate surface area is 60.2 Å². The fourth-order valence-corrected chi connectivity index (χ4v) is 1.86. The zero-order valence-corrected chi connectivity index (χ0v) is 5.89. The highest BCUT2D eigenvalue weighted by Gasteiger charge is 2.31. The molecule has 1 saturated heterocycles. The second-order valence-electron chi connectivity index (χ2n) is 3.09. The van der Waals surface area contributed by atoms with Crippen LogP contribution < -0.4 is 10.6 Å². The van der Waals surface area contributed by atoms with E-state index in [0.717, 1.165) is 6.42 Å². The largest absolute Gasteiger partial charge is 0.351 e. The predicted octanol–water partition coefficient (Wildman–Crippen LogP) is -0.373. The van der Waals surface area contributed by atoms with E-state index in [2.05, 4.69) is 10.6 Å². The third-order valence-corrected chi connectivity index (χ3v) is 2.39. The van der Waals surface area contributed by atoms with Crippen molar-refractivity contribution >= 4 is 5.91 Å². The van der Waals surface area contributed by atoms with Crippen molar-refractivity contribution in [1.82, 2.24) is 10.6 Å². The number of hydrogen-bond acceptors (Lipinski definition) is 2. The number of piperazine rings is 1. The maximum atomic E-state index is 10.8. The molecule has 1 amide bonds. The Bertz CT molecular complexity index is 158. The normalized spacial score (nSPS) is 39.0. The molecule has 2 rings (SSSR count). The number of nitrogens with one attached hydrogen (secondary N) is 2. The lowest BCUT2D eigenvalue weighted by Gasteiger charge is -2.27. The first kappa shape index (κ1) is 6.16. The molecule has 1 saturated carbocycles. The summed E-state index contributed by atoms with van der Waals surface area (Å²) in [6.45, 7) is 0.515. The van der Waals surface area contributed by atoms with E-state index in [1.165, 1.54) is 12.8 Å². The van der Waals surface area contributed by atoms with E-state index < -0.39 is 0 Å². The van der Waals surface area contributed by atoms with E-state index in [4.69, 9.17) is 0 Å². The van der Waals surface area contributed by atoms with Crippen LogP contribution in [0.2, 0.25) is 0 Å². The number of rotatable bonds is 0. The monoisotopic (exact) mass is 140 g/mol. The van der Waals surface area contributed by atoms with Gasteiger partial charge in [0.15, 0.2) is 0 Å². The zero-order chi connectivity index (χ0) is 6.97. The molecule has 2 unspecified atom stereocenters. The van der Waals surface area contributed by atoms with Crippen LogP contribution >= 0.6 is 0 Å². The smallest absolute Gasteiger partial charge is 0.234 e. The van der Waals surface area contributed by atoms with Gasteiger partial charge in [0.2, 0.25) is 5.91 Å². The van der Waals surface area contributed by atoms with E-state index in [0.29, 0.717) is 18.6 Å². The number of carbonyl (C=O) groups excluding carboxylic acids is 1. The molecule has 2 atom stereocenters. The molecule has 3 heteroatoms. The van der Waals surface area contributed by atoms with Gasteiger partial charge in [0.25, 0.3) is 0 Å². The summed E-state index contributed by atoms with van der Waals surface area (Å²) in [5, 5.41) is 6.20. The van der Waals surface area contributed by atoms with Crippen LogP contribution in [0.4, 0.5) is 0 Å². The SMILES string of the molecule is O=C1CNC2CCCC2N1. The molecule has 0 aromatic heterocycles. The summed E-state index contributed by atoms with van der Waals surface area (Å²) < 4.78 is 0. The van der Waals surface area contributed by atoms with E-state index in [-0.39, 0.29) is 5.91 Å². The summed E-state index contributed by atoms with van der Waals surface area (Å²) in [7, 11) is 0. The van der Waals surface area contributed by atoms with Crippen molar-refractivity contribution in [1.29, 1.82) is 0 Å². The van der Waals surface area contributed by atoms with Gasteiger partial charge in [-0.3, -0.25) is 4.79 Å². The van der Waals surface area contributed by atoms with Crippen molar-refractivity contribution in [2.24, 2.45) is 0 Å². The average Bonchev–Trinajstić information content (AvgIpc) is 2.33. The lowest BCUT2D eigenvalue weighted by molar-refractivity contribution is -0.122. The summed E-state index contributed by atoms with van der Waals surface area (Å²) in [6, 6.07) is 0.999. The first-order valence-corrected chi connectivity index (χ1v) is 3.89. The molecule has 10 heavy (non-hydrogen) atoms. The van der Waals surface area contributed by atoms with Crippen LogP contribution in [0.3, 0.4) is 0 Å². The summed E-state index contributed by atoms with van der Waals surface area (Å²) in [6.07, 6.45) is 3.64. The highest BCUT2D eigenvalue weighted by Crippen LogP contribution is 2.20. The minimum Gasteiger partial charge on any atom is -0.351 e.